The van der Waals surface area contributed by atoms with Crippen molar-refractivity contribution in [2.75, 3.05) is 32.1 Å². The molecule has 0 radical (unpaired) electrons. The van der Waals surface area contributed by atoms with E-state index in [0.29, 0.717) is 13.2 Å². The van der Waals surface area contributed by atoms with Crippen molar-refractivity contribution in [3.63, 3.8) is 0 Å². The van der Waals surface area contributed by atoms with E-state index in [4.69, 9.17) is 4.74 Å². The van der Waals surface area contributed by atoms with Crippen molar-refractivity contribution in [2.45, 2.75) is 24.6 Å². The molecule has 1 atom stereocenters. The van der Waals surface area contributed by atoms with Gasteiger partial charge in [-0.25, -0.2) is 9.97 Å². The zero-order chi connectivity index (χ0) is 14.6. The average Bonchev–Trinajstić information content (AvgIpc) is 2.85. The minimum atomic E-state index is -4.46. The first kappa shape index (κ1) is 15.0. The van der Waals surface area contributed by atoms with E-state index in [-0.39, 0.29) is 11.5 Å². The summed E-state index contributed by atoms with van der Waals surface area (Å²) in [6.45, 7) is 1.77. The van der Waals surface area contributed by atoms with Crippen molar-refractivity contribution in [1.29, 1.82) is 0 Å². The summed E-state index contributed by atoms with van der Waals surface area (Å²) in [5.41, 5.74) is -1.22. The highest BCUT2D eigenvalue weighted by Gasteiger charge is 2.35. The molecule has 0 aliphatic carbocycles. The number of nitrogens with one attached hydrogen (secondary N) is 2. The Morgan fingerprint density at radius 2 is 2.30 bits per heavy atom. The molecular formula is C12H17F3N4O. The second-order valence-corrected chi connectivity index (χ2v) is 4.86. The summed E-state index contributed by atoms with van der Waals surface area (Å²) < 4.78 is 42.8. The van der Waals surface area contributed by atoms with E-state index in [9.17, 15) is 13.2 Å². The van der Waals surface area contributed by atoms with Crippen LogP contribution in [0, 0.1) is 0 Å². The van der Waals surface area contributed by atoms with Gasteiger partial charge in [-0.15, -0.1) is 0 Å². The van der Waals surface area contributed by atoms with Gasteiger partial charge >= 0.3 is 6.18 Å². The van der Waals surface area contributed by atoms with Gasteiger partial charge in [-0.2, -0.15) is 13.2 Å². The van der Waals surface area contributed by atoms with E-state index in [1.165, 1.54) is 0 Å². The summed E-state index contributed by atoms with van der Waals surface area (Å²) in [4.78, 5) is 7.29. The van der Waals surface area contributed by atoms with Gasteiger partial charge in [0, 0.05) is 19.9 Å². The van der Waals surface area contributed by atoms with Crippen LogP contribution >= 0.6 is 0 Å². The lowest BCUT2D eigenvalue weighted by Crippen LogP contribution is -2.49. The highest BCUT2D eigenvalue weighted by Crippen LogP contribution is 2.27. The Hall–Kier alpha value is -1.41. The molecule has 1 aliphatic rings. The van der Waals surface area contributed by atoms with Gasteiger partial charge in [-0.1, -0.05) is 0 Å². The van der Waals surface area contributed by atoms with E-state index < -0.39 is 11.9 Å². The number of anilines is 1. The van der Waals surface area contributed by atoms with Gasteiger partial charge in [0.2, 0.25) is 5.95 Å². The molecule has 0 amide bonds. The van der Waals surface area contributed by atoms with Crippen molar-refractivity contribution in [3.05, 3.63) is 18.0 Å². The Morgan fingerprint density at radius 1 is 1.50 bits per heavy atom. The molecule has 8 heteroatoms. The molecule has 1 fully saturated rings. The number of aromatic nitrogens is 2. The van der Waals surface area contributed by atoms with Crippen molar-refractivity contribution < 1.29 is 17.9 Å². The molecule has 112 valence electrons. The second kappa shape index (κ2) is 5.92. The van der Waals surface area contributed by atoms with Crippen LogP contribution in [-0.4, -0.2) is 42.3 Å². The molecule has 2 heterocycles. The Balaban J connectivity index is 2.03. The third kappa shape index (κ3) is 3.57. The summed E-state index contributed by atoms with van der Waals surface area (Å²) >= 11 is 0. The van der Waals surface area contributed by atoms with Crippen molar-refractivity contribution in [3.8, 4) is 0 Å². The third-order valence-electron chi connectivity index (χ3n) is 3.28. The van der Waals surface area contributed by atoms with Crippen LogP contribution in [0.3, 0.4) is 0 Å². The van der Waals surface area contributed by atoms with E-state index in [1.807, 2.05) is 0 Å². The largest absolute Gasteiger partial charge is 0.433 e. The van der Waals surface area contributed by atoms with Crippen LogP contribution in [0.4, 0.5) is 19.1 Å². The smallest absolute Gasteiger partial charge is 0.383 e. The number of rotatable bonds is 5. The monoisotopic (exact) mass is 290 g/mol. The SMILES string of the molecule is COCC1(CNc2nccc(C(F)(F)F)n2)CCCN1. The van der Waals surface area contributed by atoms with Crippen molar-refractivity contribution >= 4 is 5.95 Å². The second-order valence-electron chi connectivity index (χ2n) is 4.86. The Morgan fingerprint density at radius 3 is 2.90 bits per heavy atom. The summed E-state index contributed by atoms with van der Waals surface area (Å²) in [6, 6.07) is 0.851. The molecule has 1 aromatic rings. The maximum Gasteiger partial charge on any atom is 0.433 e. The highest BCUT2D eigenvalue weighted by atomic mass is 19.4. The fraction of sp³-hybridized carbons (Fsp3) is 0.667. The molecule has 0 spiro atoms. The summed E-state index contributed by atoms with van der Waals surface area (Å²) in [5.74, 6) is -0.0241. The normalized spacial score (nSPS) is 23.0. The fourth-order valence-electron chi connectivity index (χ4n) is 2.32. The minimum Gasteiger partial charge on any atom is -0.383 e. The van der Waals surface area contributed by atoms with Crippen molar-refractivity contribution in [1.82, 2.24) is 15.3 Å². The molecule has 2 N–H and O–H groups in total. The molecule has 2 rings (SSSR count). The molecule has 0 bridgehead atoms. The molecule has 5 nitrogen and oxygen atoms in total. The van der Waals surface area contributed by atoms with Gasteiger partial charge in [0.25, 0.3) is 0 Å². The maximum atomic E-state index is 12.6. The summed E-state index contributed by atoms with van der Waals surface area (Å²) in [6.07, 6.45) is -1.46. The predicted octanol–water partition coefficient (Wildman–Crippen LogP) is 1.68. The lowest BCUT2D eigenvalue weighted by Gasteiger charge is -2.28. The van der Waals surface area contributed by atoms with Crippen LogP contribution in [0.25, 0.3) is 0 Å². The molecule has 1 unspecified atom stereocenters. The van der Waals surface area contributed by atoms with Crippen LogP contribution in [0.1, 0.15) is 18.5 Å². The number of alkyl halides is 3. The molecule has 20 heavy (non-hydrogen) atoms. The average molecular weight is 290 g/mol. The number of halogens is 3. The van der Waals surface area contributed by atoms with E-state index in [1.54, 1.807) is 7.11 Å². The van der Waals surface area contributed by atoms with Crippen LogP contribution in [0.5, 0.6) is 0 Å². The Labute approximate surface area is 114 Å². The molecule has 0 saturated carbocycles. The minimum absolute atomic E-state index is 0.0241. The fourth-order valence-corrected chi connectivity index (χ4v) is 2.32. The summed E-state index contributed by atoms with van der Waals surface area (Å²) in [5, 5.41) is 6.18. The third-order valence-corrected chi connectivity index (χ3v) is 3.28. The van der Waals surface area contributed by atoms with Crippen LogP contribution < -0.4 is 10.6 Å². The van der Waals surface area contributed by atoms with Gasteiger partial charge in [-0.05, 0) is 25.5 Å². The van der Waals surface area contributed by atoms with Gasteiger partial charge in [-0.3, -0.25) is 0 Å². The zero-order valence-electron chi connectivity index (χ0n) is 11.1. The van der Waals surface area contributed by atoms with Gasteiger partial charge in [0.1, 0.15) is 5.69 Å². The Bertz CT molecular complexity index is 447. The first-order chi connectivity index (χ1) is 9.45. The van der Waals surface area contributed by atoms with Crippen LogP contribution in [0.2, 0.25) is 0 Å². The number of ether oxygens (including phenoxy) is 1. The number of hydrogen-bond donors (Lipinski definition) is 2. The van der Waals surface area contributed by atoms with Crippen LogP contribution in [0.15, 0.2) is 12.3 Å². The van der Waals surface area contributed by atoms with Crippen LogP contribution in [-0.2, 0) is 10.9 Å². The zero-order valence-corrected chi connectivity index (χ0v) is 11.1. The molecular weight excluding hydrogens is 273 g/mol. The maximum absolute atomic E-state index is 12.6. The number of methoxy groups -OCH3 is 1. The quantitative estimate of drug-likeness (QED) is 0.864. The standard InChI is InChI=1S/C12H17F3N4O/c1-20-8-11(4-2-5-18-11)7-17-10-16-6-3-9(19-10)12(13,14)15/h3,6,18H,2,4-5,7-8H2,1H3,(H,16,17,19). The first-order valence-electron chi connectivity index (χ1n) is 6.33. The number of nitrogens with zero attached hydrogens (tertiary/aromatic N) is 2. The lowest BCUT2D eigenvalue weighted by molar-refractivity contribution is -0.141. The predicted molar refractivity (Wildman–Crippen MR) is 67.4 cm³/mol. The summed E-state index contributed by atoms with van der Waals surface area (Å²) in [7, 11) is 1.60. The van der Waals surface area contributed by atoms with Gasteiger partial charge in [0.05, 0.1) is 12.1 Å². The van der Waals surface area contributed by atoms with Gasteiger partial charge < -0.3 is 15.4 Å². The van der Waals surface area contributed by atoms with Gasteiger partial charge in [0.15, 0.2) is 0 Å². The first-order valence-corrected chi connectivity index (χ1v) is 6.33. The van der Waals surface area contributed by atoms with Crippen molar-refractivity contribution in [2.24, 2.45) is 0 Å². The molecule has 0 aromatic carbocycles. The highest BCUT2D eigenvalue weighted by molar-refractivity contribution is 5.27. The molecule has 1 aromatic heterocycles. The lowest BCUT2D eigenvalue weighted by atomic mass is 9.99. The number of hydrogen-bond acceptors (Lipinski definition) is 5. The van der Waals surface area contributed by atoms with E-state index in [2.05, 4.69) is 20.6 Å². The molecule has 1 saturated heterocycles. The van der Waals surface area contributed by atoms with E-state index >= 15 is 0 Å². The topological polar surface area (TPSA) is 59.1 Å². The molecule has 1 aliphatic heterocycles. The Kier molecular flexibility index (Phi) is 4.44. The van der Waals surface area contributed by atoms with E-state index in [0.717, 1.165) is 31.6 Å².